The van der Waals surface area contributed by atoms with Crippen molar-refractivity contribution in [2.75, 3.05) is 23.4 Å². The maximum absolute atomic E-state index is 12.3. The molecule has 2 N–H and O–H groups in total. The lowest BCUT2D eigenvalue weighted by Crippen LogP contribution is -2.36. The highest BCUT2D eigenvalue weighted by Crippen LogP contribution is 2.15. The van der Waals surface area contributed by atoms with Gasteiger partial charge in [0.15, 0.2) is 0 Å². The molecule has 1 heterocycles. The molecule has 2 rings (SSSR count). The second kappa shape index (κ2) is 8.54. The van der Waals surface area contributed by atoms with Crippen molar-refractivity contribution in [3.05, 3.63) is 54.4 Å². The molecule has 0 atom stereocenters. The molecule has 0 aliphatic heterocycles. The van der Waals surface area contributed by atoms with Gasteiger partial charge >= 0.3 is 0 Å². The van der Waals surface area contributed by atoms with Gasteiger partial charge in [-0.1, -0.05) is 12.1 Å². The van der Waals surface area contributed by atoms with Crippen LogP contribution in [0, 0.1) is 0 Å². The average molecular weight is 376 g/mol. The molecule has 138 valence electrons. The molecule has 0 fully saturated rings. The van der Waals surface area contributed by atoms with E-state index in [1.807, 2.05) is 0 Å². The lowest BCUT2D eigenvalue weighted by atomic mass is 10.2. The van der Waals surface area contributed by atoms with Gasteiger partial charge in [-0.15, -0.1) is 0 Å². The van der Waals surface area contributed by atoms with Crippen molar-refractivity contribution in [1.82, 2.24) is 9.29 Å². The number of benzene rings is 1. The molecule has 2 aromatic rings. The summed E-state index contributed by atoms with van der Waals surface area (Å²) in [5.41, 5.74) is 1.67. The molecule has 0 aliphatic carbocycles. The van der Waals surface area contributed by atoms with Gasteiger partial charge in [0.2, 0.25) is 21.8 Å². The van der Waals surface area contributed by atoms with Gasteiger partial charge in [-0.05, 0) is 29.8 Å². The monoisotopic (exact) mass is 376 g/mol. The summed E-state index contributed by atoms with van der Waals surface area (Å²) in [5.74, 6) is -0.715. The molecular formula is C17H20N4O4S. The van der Waals surface area contributed by atoms with Crippen LogP contribution < -0.4 is 10.6 Å². The largest absolute Gasteiger partial charge is 0.326 e. The average Bonchev–Trinajstić information content (AvgIpc) is 2.54. The smallest absolute Gasteiger partial charge is 0.239 e. The number of hydrogen-bond acceptors (Lipinski definition) is 5. The van der Waals surface area contributed by atoms with Gasteiger partial charge in [-0.25, -0.2) is 8.42 Å². The minimum atomic E-state index is -3.59. The normalized spacial score (nSPS) is 11.2. The zero-order chi connectivity index (χ0) is 19.2. The number of hydrogen-bond donors (Lipinski definition) is 2. The second-order valence-electron chi connectivity index (χ2n) is 5.70. The van der Waals surface area contributed by atoms with Gasteiger partial charge in [-0.3, -0.25) is 14.6 Å². The number of carbonyl (C=O) groups is 2. The number of nitrogens with zero attached hydrogens (tertiary/aromatic N) is 2. The van der Waals surface area contributed by atoms with Crippen LogP contribution in [0.15, 0.2) is 48.8 Å². The Morgan fingerprint density at radius 3 is 2.38 bits per heavy atom. The lowest BCUT2D eigenvalue weighted by molar-refractivity contribution is -0.116. The van der Waals surface area contributed by atoms with Gasteiger partial charge < -0.3 is 10.6 Å². The maximum Gasteiger partial charge on any atom is 0.239 e. The Bertz CT molecular complexity index is 885. The van der Waals surface area contributed by atoms with Crippen LogP contribution in [0.25, 0.3) is 0 Å². The van der Waals surface area contributed by atoms with E-state index in [0.717, 1.165) is 10.6 Å². The van der Waals surface area contributed by atoms with Crippen LogP contribution >= 0.6 is 0 Å². The summed E-state index contributed by atoms with van der Waals surface area (Å²) in [4.78, 5) is 27.3. The third-order valence-corrected chi connectivity index (χ3v) is 4.53. The van der Waals surface area contributed by atoms with Crippen molar-refractivity contribution in [2.45, 2.75) is 13.5 Å². The molecule has 0 saturated heterocycles. The van der Waals surface area contributed by atoms with Crippen LogP contribution in [0.2, 0.25) is 0 Å². The fraction of sp³-hybridized carbons (Fsp3) is 0.235. The van der Waals surface area contributed by atoms with E-state index in [2.05, 4.69) is 15.6 Å². The molecule has 8 nitrogen and oxygen atoms in total. The molecular weight excluding hydrogens is 356 g/mol. The molecule has 0 radical (unpaired) electrons. The maximum atomic E-state index is 12.3. The topological polar surface area (TPSA) is 108 Å². The number of aromatic nitrogens is 1. The molecule has 0 spiro atoms. The molecule has 0 saturated carbocycles. The standard InChI is InChI=1S/C17H20N4O4S/c1-13(22)19-15-6-3-7-16(9-15)20-17(23)12-21(26(2,24)25)11-14-5-4-8-18-10-14/h3-10H,11-12H2,1-2H3,(H,19,22)(H,20,23). The van der Waals surface area contributed by atoms with Gasteiger partial charge in [0.05, 0.1) is 12.8 Å². The third kappa shape index (κ3) is 6.26. The second-order valence-corrected chi connectivity index (χ2v) is 7.68. The summed E-state index contributed by atoms with van der Waals surface area (Å²) in [6.45, 7) is 1.10. The van der Waals surface area contributed by atoms with E-state index >= 15 is 0 Å². The molecule has 9 heteroatoms. The van der Waals surface area contributed by atoms with Crippen molar-refractivity contribution in [2.24, 2.45) is 0 Å². The minimum Gasteiger partial charge on any atom is -0.326 e. The van der Waals surface area contributed by atoms with E-state index < -0.39 is 15.9 Å². The molecule has 2 amide bonds. The number of sulfonamides is 1. The summed E-state index contributed by atoms with van der Waals surface area (Å²) < 4.78 is 25.0. The van der Waals surface area contributed by atoms with E-state index in [-0.39, 0.29) is 19.0 Å². The predicted molar refractivity (Wildman–Crippen MR) is 98.9 cm³/mol. The zero-order valence-electron chi connectivity index (χ0n) is 14.5. The van der Waals surface area contributed by atoms with Crippen molar-refractivity contribution in [3.63, 3.8) is 0 Å². The van der Waals surface area contributed by atoms with Crippen LogP contribution in [0.5, 0.6) is 0 Å². The van der Waals surface area contributed by atoms with E-state index in [1.165, 1.54) is 6.92 Å². The molecule has 0 bridgehead atoms. The van der Waals surface area contributed by atoms with Gasteiger partial charge in [-0.2, -0.15) is 4.31 Å². The van der Waals surface area contributed by atoms with Gasteiger partial charge in [0, 0.05) is 37.2 Å². The van der Waals surface area contributed by atoms with Crippen LogP contribution in [0.4, 0.5) is 11.4 Å². The first kappa shape index (κ1) is 19.5. The van der Waals surface area contributed by atoms with Gasteiger partial charge in [0.25, 0.3) is 0 Å². The summed E-state index contributed by atoms with van der Waals surface area (Å²) in [6, 6.07) is 10.0. The molecule has 0 aliphatic rings. The number of pyridine rings is 1. The highest BCUT2D eigenvalue weighted by atomic mass is 32.2. The first-order chi connectivity index (χ1) is 12.2. The summed E-state index contributed by atoms with van der Waals surface area (Å²) in [5, 5.41) is 5.24. The summed E-state index contributed by atoms with van der Waals surface area (Å²) >= 11 is 0. The fourth-order valence-corrected chi connectivity index (χ4v) is 2.96. The Labute approximate surface area is 152 Å². The Kier molecular flexibility index (Phi) is 6.42. The van der Waals surface area contributed by atoms with Crippen LogP contribution in [-0.4, -0.2) is 42.3 Å². The molecule has 26 heavy (non-hydrogen) atoms. The molecule has 1 aromatic heterocycles. The Morgan fingerprint density at radius 1 is 1.12 bits per heavy atom. The SMILES string of the molecule is CC(=O)Nc1cccc(NC(=O)CN(Cc2cccnc2)S(C)(=O)=O)c1. The van der Waals surface area contributed by atoms with E-state index in [9.17, 15) is 18.0 Å². The Balaban J connectivity index is 2.06. The van der Waals surface area contributed by atoms with E-state index in [1.54, 1.807) is 48.8 Å². The Hall–Kier alpha value is -2.78. The van der Waals surface area contributed by atoms with Crippen molar-refractivity contribution < 1.29 is 18.0 Å². The summed E-state index contributed by atoms with van der Waals surface area (Å²) in [6.07, 6.45) is 4.18. The quantitative estimate of drug-likeness (QED) is 0.760. The number of amides is 2. The highest BCUT2D eigenvalue weighted by Gasteiger charge is 2.20. The lowest BCUT2D eigenvalue weighted by Gasteiger charge is -2.19. The minimum absolute atomic E-state index is 0.0476. The van der Waals surface area contributed by atoms with Crippen molar-refractivity contribution in [1.29, 1.82) is 0 Å². The first-order valence-electron chi connectivity index (χ1n) is 7.75. The van der Waals surface area contributed by atoms with E-state index in [4.69, 9.17) is 0 Å². The number of rotatable bonds is 7. The van der Waals surface area contributed by atoms with Crippen LogP contribution in [0.1, 0.15) is 12.5 Å². The fourth-order valence-electron chi connectivity index (χ4n) is 2.22. The van der Waals surface area contributed by atoms with Crippen molar-refractivity contribution in [3.8, 4) is 0 Å². The summed E-state index contributed by atoms with van der Waals surface area (Å²) in [7, 11) is -3.59. The van der Waals surface area contributed by atoms with E-state index in [0.29, 0.717) is 16.9 Å². The molecule has 0 unspecified atom stereocenters. The van der Waals surface area contributed by atoms with Gasteiger partial charge in [0.1, 0.15) is 0 Å². The first-order valence-corrected chi connectivity index (χ1v) is 9.60. The zero-order valence-corrected chi connectivity index (χ0v) is 15.3. The molecule has 1 aromatic carbocycles. The predicted octanol–water partition coefficient (Wildman–Crippen LogP) is 1.44. The van der Waals surface area contributed by atoms with Crippen LogP contribution in [-0.2, 0) is 26.2 Å². The third-order valence-electron chi connectivity index (χ3n) is 3.34. The number of carbonyl (C=O) groups excluding carboxylic acids is 2. The number of nitrogens with one attached hydrogen (secondary N) is 2. The van der Waals surface area contributed by atoms with Crippen molar-refractivity contribution >= 4 is 33.2 Å². The number of anilines is 2. The highest BCUT2D eigenvalue weighted by molar-refractivity contribution is 7.88. The Morgan fingerprint density at radius 2 is 1.81 bits per heavy atom. The van der Waals surface area contributed by atoms with Crippen LogP contribution in [0.3, 0.4) is 0 Å².